The highest BCUT2D eigenvalue weighted by Crippen LogP contribution is 2.29. The fraction of sp³-hybridized carbons (Fsp3) is 0.455. The van der Waals surface area contributed by atoms with Crippen LogP contribution in [0.25, 0.3) is 10.4 Å². The van der Waals surface area contributed by atoms with E-state index in [0.717, 1.165) is 0 Å². The summed E-state index contributed by atoms with van der Waals surface area (Å²) in [5.41, 5.74) is 8.99. The summed E-state index contributed by atoms with van der Waals surface area (Å²) >= 11 is 0. The second kappa shape index (κ2) is 6.10. The smallest absolute Gasteiger partial charge is 0.124 e. The van der Waals surface area contributed by atoms with Gasteiger partial charge in [0.2, 0.25) is 0 Å². The maximum absolute atomic E-state index is 9.85. The van der Waals surface area contributed by atoms with Crippen LogP contribution in [0.4, 0.5) is 0 Å². The number of hydrogen-bond acceptors (Lipinski definition) is 4. The predicted molar refractivity (Wildman–Crippen MR) is 62.4 cm³/mol. The van der Waals surface area contributed by atoms with Crippen LogP contribution < -0.4 is 0 Å². The van der Waals surface area contributed by atoms with Crippen molar-refractivity contribution in [2.45, 2.75) is 25.6 Å². The van der Waals surface area contributed by atoms with E-state index in [2.05, 4.69) is 10.0 Å². The molecule has 0 aliphatic carbocycles. The Morgan fingerprint density at radius 2 is 2.12 bits per heavy atom. The molecule has 0 aliphatic rings. The number of aryl methyl sites for hydroxylation is 1. The van der Waals surface area contributed by atoms with Crippen LogP contribution in [-0.2, 0) is 0 Å². The number of aromatic hydroxyl groups is 1. The van der Waals surface area contributed by atoms with Crippen LogP contribution in [-0.4, -0.2) is 28.0 Å². The van der Waals surface area contributed by atoms with Gasteiger partial charge in [-0.25, -0.2) is 0 Å². The molecule has 0 saturated heterocycles. The van der Waals surface area contributed by atoms with Gasteiger partial charge in [0.25, 0.3) is 0 Å². The summed E-state index contributed by atoms with van der Waals surface area (Å²) in [6, 6.07) is 4.94. The van der Waals surface area contributed by atoms with E-state index >= 15 is 0 Å². The fourth-order valence-corrected chi connectivity index (χ4v) is 1.52. The Kier molecular flexibility index (Phi) is 4.78. The molecule has 0 bridgehead atoms. The monoisotopic (exact) mass is 237 g/mol. The molecule has 3 N–H and O–H groups in total. The van der Waals surface area contributed by atoms with Gasteiger partial charge in [0.15, 0.2) is 0 Å². The van der Waals surface area contributed by atoms with E-state index in [0.29, 0.717) is 5.56 Å². The Bertz CT molecular complexity index is 430. The van der Waals surface area contributed by atoms with Crippen molar-refractivity contribution in [3.8, 4) is 5.75 Å². The molecule has 92 valence electrons. The van der Waals surface area contributed by atoms with E-state index in [-0.39, 0.29) is 24.3 Å². The Labute approximate surface area is 98.8 Å². The van der Waals surface area contributed by atoms with Crippen LogP contribution in [0, 0.1) is 6.92 Å². The third-order valence-corrected chi connectivity index (χ3v) is 2.54. The molecule has 6 nitrogen and oxygen atoms in total. The first kappa shape index (κ1) is 13.3. The minimum atomic E-state index is -1.19. The number of aliphatic hydroxyl groups is 2. The summed E-state index contributed by atoms with van der Waals surface area (Å²) in [5.74, 6) is -0.0252. The van der Waals surface area contributed by atoms with E-state index in [1.807, 2.05) is 0 Å². The number of hydrogen-bond donors (Lipinski definition) is 3. The third kappa shape index (κ3) is 3.35. The standard InChI is InChI=1S/C11H15N3O3/c1-7-3-2-4-8(10(7)16)11(17)9(15)5-6-13-14-12/h2-4,9,11,15-17H,5-6H2,1H3. The first-order valence-corrected chi connectivity index (χ1v) is 5.23. The summed E-state index contributed by atoms with van der Waals surface area (Å²) < 4.78 is 0. The SMILES string of the molecule is Cc1cccc(C(O)C(O)CCN=[N+]=[N-])c1O. The Morgan fingerprint density at radius 1 is 1.41 bits per heavy atom. The molecule has 0 fully saturated rings. The van der Waals surface area contributed by atoms with Crippen LogP contribution in [0.1, 0.15) is 23.7 Å². The molecule has 2 atom stereocenters. The van der Waals surface area contributed by atoms with Gasteiger partial charge in [0, 0.05) is 17.0 Å². The minimum absolute atomic E-state index is 0.0252. The predicted octanol–water partition coefficient (Wildman–Crippen LogP) is 1.80. The highest BCUT2D eigenvalue weighted by atomic mass is 16.3. The second-order valence-electron chi connectivity index (χ2n) is 3.77. The number of aliphatic hydroxyl groups excluding tert-OH is 2. The molecular formula is C11H15N3O3. The molecule has 0 aromatic heterocycles. The molecule has 0 spiro atoms. The van der Waals surface area contributed by atoms with Crippen LogP contribution >= 0.6 is 0 Å². The number of rotatable bonds is 5. The Balaban J connectivity index is 2.77. The van der Waals surface area contributed by atoms with Crippen molar-refractivity contribution in [1.82, 2.24) is 0 Å². The molecule has 1 aromatic carbocycles. The molecule has 0 heterocycles. The topological polar surface area (TPSA) is 109 Å². The summed E-state index contributed by atoms with van der Waals surface area (Å²) in [5, 5.41) is 32.5. The van der Waals surface area contributed by atoms with E-state index in [9.17, 15) is 15.3 Å². The first-order valence-electron chi connectivity index (χ1n) is 5.23. The summed E-state index contributed by atoms with van der Waals surface area (Å²) in [6.07, 6.45) is -2.13. The number of benzene rings is 1. The molecule has 0 aliphatic heterocycles. The van der Waals surface area contributed by atoms with Crippen molar-refractivity contribution in [3.05, 3.63) is 39.8 Å². The average Bonchev–Trinajstić information content (AvgIpc) is 2.32. The quantitative estimate of drug-likeness (QED) is 0.412. The van der Waals surface area contributed by atoms with Gasteiger partial charge in [-0.15, -0.1) is 0 Å². The van der Waals surface area contributed by atoms with Gasteiger partial charge in [-0.2, -0.15) is 0 Å². The van der Waals surface area contributed by atoms with E-state index in [4.69, 9.17) is 5.53 Å². The van der Waals surface area contributed by atoms with Gasteiger partial charge in [-0.3, -0.25) is 0 Å². The van der Waals surface area contributed by atoms with Crippen molar-refractivity contribution >= 4 is 0 Å². The largest absolute Gasteiger partial charge is 0.507 e. The third-order valence-electron chi connectivity index (χ3n) is 2.54. The zero-order chi connectivity index (χ0) is 12.8. The molecule has 0 radical (unpaired) electrons. The van der Waals surface area contributed by atoms with E-state index < -0.39 is 12.2 Å². The number of phenols is 1. The number of phenolic OH excluding ortho intramolecular Hbond substituents is 1. The first-order chi connectivity index (χ1) is 8.07. The molecule has 2 unspecified atom stereocenters. The maximum atomic E-state index is 9.85. The van der Waals surface area contributed by atoms with Crippen LogP contribution in [0.5, 0.6) is 5.75 Å². The highest BCUT2D eigenvalue weighted by Gasteiger charge is 2.21. The molecule has 1 aromatic rings. The van der Waals surface area contributed by atoms with Gasteiger partial charge in [-0.1, -0.05) is 23.3 Å². The van der Waals surface area contributed by atoms with Crippen molar-refractivity contribution in [2.75, 3.05) is 6.54 Å². The average molecular weight is 237 g/mol. The zero-order valence-electron chi connectivity index (χ0n) is 9.48. The van der Waals surface area contributed by atoms with Gasteiger partial charge < -0.3 is 15.3 Å². The lowest BCUT2D eigenvalue weighted by molar-refractivity contribution is 0.0137. The van der Waals surface area contributed by atoms with Gasteiger partial charge in [0.05, 0.1) is 6.10 Å². The van der Waals surface area contributed by atoms with Gasteiger partial charge in [0.1, 0.15) is 11.9 Å². The highest BCUT2D eigenvalue weighted by molar-refractivity contribution is 5.41. The second-order valence-corrected chi connectivity index (χ2v) is 3.77. The summed E-state index contributed by atoms with van der Waals surface area (Å²) in [4.78, 5) is 2.55. The number of azide groups is 1. The number of para-hydroxylation sites is 1. The van der Waals surface area contributed by atoms with Crippen molar-refractivity contribution in [1.29, 1.82) is 0 Å². The molecule has 6 heteroatoms. The zero-order valence-corrected chi connectivity index (χ0v) is 9.48. The normalized spacial score (nSPS) is 13.8. The van der Waals surface area contributed by atoms with Crippen molar-refractivity contribution in [2.24, 2.45) is 5.11 Å². The van der Waals surface area contributed by atoms with Crippen molar-refractivity contribution < 1.29 is 15.3 Å². The van der Waals surface area contributed by atoms with Gasteiger partial charge >= 0.3 is 0 Å². The van der Waals surface area contributed by atoms with Gasteiger partial charge in [-0.05, 0) is 24.4 Å². The maximum Gasteiger partial charge on any atom is 0.124 e. The van der Waals surface area contributed by atoms with E-state index in [1.54, 1.807) is 25.1 Å². The molecule has 0 saturated carbocycles. The van der Waals surface area contributed by atoms with Crippen molar-refractivity contribution in [3.63, 3.8) is 0 Å². The van der Waals surface area contributed by atoms with Crippen LogP contribution in [0.15, 0.2) is 23.3 Å². The molecule has 1 rings (SSSR count). The summed E-state index contributed by atoms with van der Waals surface area (Å²) in [7, 11) is 0. The molecular weight excluding hydrogens is 222 g/mol. The Hall–Kier alpha value is -1.75. The number of nitrogens with zero attached hydrogens (tertiary/aromatic N) is 3. The minimum Gasteiger partial charge on any atom is -0.507 e. The van der Waals surface area contributed by atoms with Crippen LogP contribution in [0.3, 0.4) is 0 Å². The lowest BCUT2D eigenvalue weighted by Gasteiger charge is -2.19. The fourth-order valence-electron chi connectivity index (χ4n) is 1.52. The lowest BCUT2D eigenvalue weighted by Crippen LogP contribution is -2.19. The summed E-state index contributed by atoms with van der Waals surface area (Å²) in [6.45, 7) is 1.80. The van der Waals surface area contributed by atoms with Crippen LogP contribution in [0.2, 0.25) is 0 Å². The Morgan fingerprint density at radius 3 is 2.76 bits per heavy atom. The van der Waals surface area contributed by atoms with E-state index in [1.165, 1.54) is 0 Å². The molecule has 17 heavy (non-hydrogen) atoms. The lowest BCUT2D eigenvalue weighted by atomic mass is 9.99. The molecule has 0 amide bonds.